The van der Waals surface area contributed by atoms with Gasteiger partial charge in [0.2, 0.25) is 0 Å². The number of rotatable bonds is 5. The molecule has 0 aliphatic heterocycles. The predicted molar refractivity (Wildman–Crippen MR) is 75.8 cm³/mol. The second kappa shape index (κ2) is 5.57. The molecule has 2 heterocycles. The molecule has 1 N–H and O–H groups in total. The topological polar surface area (TPSA) is 47.7 Å². The third-order valence-corrected chi connectivity index (χ3v) is 3.45. The third-order valence-electron chi connectivity index (χ3n) is 3.45. The second-order valence-electron chi connectivity index (χ2n) is 5.35. The number of hydrogen-bond donors (Lipinski definition) is 1. The molecule has 2 aromatic rings. The van der Waals surface area contributed by atoms with Gasteiger partial charge in [0, 0.05) is 50.2 Å². The molecule has 0 aliphatic rings. The molecule has 2 rings (SSSR count). The lowest BCUT2D eigenvalue weighted by molar-refractivity contribution is 0.672. The molecule has 104 valence electrons. The normalized spacial score (nSPS) is 11.5. The van der Waals surface area contributed by atoms with E-state index < -0.39 is 0 Å². The predicted octanol–water partition coefficient (Wildman–Crippen LogP) is 1.88. The Hall–Kier alpha value is -1.62. The summed E-state index contributed by atoms with van der Waals surface area (Å²) >= 11 is 0. The molecule has 0 bridgehead atoms. The van der Waals surface area contributed by atoms with Crippen LogP contribution in [0.1, 0.15) is 42.3 Å². The van der Waals surface area contributed by atoms with E-state index in [0.29, 0.717) is 5.92 Å². The zero-order valence-electron chi connectivity index (χ0n) is 12.4. The molecular weight excluding hydrogens is 238 g/mol. The molecule has 0 spiro atoms. The van der Waals surface area contributed by atoms with Crippen molar-refractivity contribution in [2.45, 2.75) is 39.8 Å². The van der Waals surface area contributed by atoms with Gasteiger partial charge < -0.3 is 5.32 Å². The lowest BCUT2D eigenvalue weighted by Gasteiger charge is -2.07. The Balaban J connectivity index is 1.98. The van der Waals surface area contributed by atoms with E-state index in [-0.39, 0.29) is 0 Å². The third kappa shape index (κ3) is 3.04. The average Bonchev–Trinajstić information content (AvgIpc) is 2.86. The molecule has 5 nitrogen and oxygen atoms in total. The summed E-state index contributed by atoms with van der Waals surface area (Å²) in [5.74, 6) is 0.457. The molecule has 0 fully saturated rings. The van der Waals surface area contributed by atoms with E-state index >= 15 is 0 Å². The number of nitrogens with one attached hydrogen (secondary N) is 1. The lowest BCUT2D eigenvalue weighted by Crippen LogP contribution is -2.14. The minimum Gasteiger partial charge on any atom is -0.308 e. The standard InChI is InChI=1S/C14H23N5/c1-10(2)14-13(9-18(4)17-14)7-15-6-12-8-16-19(5)11(12)3/h8-10,15H,6-7H2,1-5H3. The van der Waals surface area contributed by atoms with Crippen molar-refractivity contribution in [3.63, 3.8) is 0 Å². The quantitative estimate of drug-likeness (QED) is 0.894. The maximum Gasteiger partial charge on any atom is 0.0694 e. The van der Waals surface area contributed by atoms with Gasteiger partial charge >= 0.3 is 0 Å². The summed E-state index contributed by atoms with van der Waals surface area (Å²) < 4.78 is 3.79. The number of aromatic nitrogens is 4. The van der Waals surface area contributed by atoms with E-state index in [1.165, 1.54) is 22.5 Å². The van der Waals surface area contributed by atoms with Crippen LogP contribution in [-0.4, -0.2) is 19.6 Å². The maximum atomic E-state index is 4.52. The first-order valence-electron chi connectivity index (χ1n) is 6.69. The smallest absolute Gasteiger partial charge is 0.0694 e. The van der Waals surface area contributed by atoms with Crippen LogP contribution in [0, 0.1) is 6.92 Å². The van der Waals surface area contributed by atoms with Gasteiger partial charge in [-0.05, 0) is 12.8 Å². The van der Waals surface area contributed by atoms with Gasteiger partial charge in [-0.2, -0.15) is 10.2 Å². The van der Waals surface area contributed by atoms with Gasteiger partial charge in [0.1, 0.15) is 0 Å². The summed E-state index contributed by atoms with van der Waals surface area (Å²) in [5, 5.41) is 12.2. The Morgan fingerprint density at radius 1 is 1.21 bits per heavy atom. The van der Waals surface area contributed by atoms with Crippen molar-refractivity contribution < 1.29 is 0 Å². The van der Waals surface area contributed by atoms with Gasteiger partial charge in [-0.3, -0.25) is 9.36 Å². The van der Waals surface area contributed by atoms with E-state index in [9.17, 15) is 0 Å². The molecule has 0 unspecified atom stereocenters. The van der Waals surface area contributed by atoms with E-state index in [0.717, 1.165) is 13.1 Å². The molecular formula is C14H23N5. The zero-order valence-corrected chi connectivity index (χ0v) is 12.4. The van der Waals surface area contributed by atoms with Crippen LogP contribution in [-0.2, 0) is 27.2 Å². The fraction of sp³-hybridized carbons (Fsp3) is 0.571. The Morgan fingerprint density at radius 3 is 2.47 bits per heavy atom. The summed E-state index contributed by atoms with van der Waals surface area (Å²) in [6.07, 6.45) is 4.02. The summed E-state index contributed by atoms with van der Waals surface area (Å²) in [6, 6.07) is 0. The molecule has 0 saturated carbocycles. The van der Waals surface area contributed by atoms with Gasteiger partial charge in [0.05, 0.1) is 11.9 Å². The first-order chi connectivity index (χ1) is 8.99. The largest absolute Gasteiger partial charge is 0.308 e. The van der Waals surface area contributed by atoms with Crippen LogP contribution in [0.5, 0.6) is 0 Å². The van der Waals surface area contributed by atoms with Crippen molar-refractivity contribution in [2.75, 3.05) is 0 Å². The number of hydrogen-bond acceptors (Lipinski definition) is 3. The summed E-state index contributed by atoms with van der Waals surface area (Å²) in [4.78, 5) is 0. The Labute approximate surface area is 114 Å². The van der Waals surface area contributed by atoms with Crippen LogP contribution in [0.4, 0.5) is 0 Å². The highest BCUT2D eigenvalue weighted by molar-refractivity contribution is 5.21. The zero-order chi connectivity index (χ0) is 14.0. The molecule has 2 aromatic heterocycles. The van der Waals surface area contributed by atoms with Gasteiger partial charge in [-0.25, -0.2) is 0 Å². The van der Waals surface area contributed by atoms with E-state index in [1.807, 2.05) is 29.7 Å². The number of aryl methyl sites for hydroxylation is 2. The van der Waals surface area contributed by atoms with Crippen molar-refractivity contribution in [1.29, 1.82) is 0 Å². The second-order valence-corrected chi connectivity index (χ2v) is 5.35. The van der Waals surface area contributed by atoms with Crippen molar-refractivity contribution in [3.05, 3.63) is 34.9 Å². The Morgan fingerprint density at radius 2 is 1.89 bits per heavy atom. The fourth-order valence-electron chi connectivity index (χ4n) is 2.23. The SMILES string of the molecule is Cc1c(CNCc2cn(C)nc2C(C)C)cnn1C. The minimum absolute atomic E-state index is 0.457. The van der Waals surface area contributed by atoms with Crippen molar-refractivity contribution in [1.82, 2.24) is 24.9 Å². The van der Waals surface area contributed by atoms with E-state index in [1.54, 1.807) is 0 Å². The van der Waals surface area contributed by atoms with E-state index in [2.05, 4.69) is 42.5 Å². The molecule has 0 atom stereocenters. The molecule has 5 heteroatoms. The highest BCUT2D eigenvalue weighted by Crippen LogP contribution is 2.17. The van der Waals surface area contributed by atoms with Crippen LogP contribution in [0.25, 0.3) is 0 Å². The van der Waals surface area contributed by atoms with Crippen molar-refractivity contribution in [2.24, 2.45) is 14.1 Å². The molecule has 0 aromatic carbocycles. The summed E-state index contributed by atoms with van der Waals surface area (Å²) in [7, 11) is 3.94. The summed E-state index contributed by atoms with van der Waals surface area (Å²) in [5.41, 5.74) is 4.91. The van der Waals surface area contributed by atoms with Crippen LogP contribution >= 0.6 is 0 Å². The molecule has 0 radical (unpaired) electrons. The lowest BCUT2D eigenvalue weighted by atomic mass is 10.1. The van der Waals surface area contributed by atoms with Gasteiger partial charge in [-0.1, -0.05) is 13.8 Å². The molecule has 0 aliphatic carbocycles. The van der Waals surface area contributed by atoms with Crippen LogP contribution in [0.2, 0.25) is 0 Å². The first kappa shape index (κ1) is 13.8. The van der Waals surface area contributed by atoms with Gasteiger partial charge in [0.25, 0.3) is 0 Å². The van der Waals surface area contributed by atoms with Crippen LogP contribution < -0.4 is 5.32 Å². The average molecular weight is 261 g/mol. The fourth-order valence-corrected chi connectivity index (χ4v) is 2.23. The highest BCUT2D eigenvalue weighted by Gasteiger charge is 2.11. The Bertz CT molecular complexity index is 550. The minimum atomic E-state index is 0.457. The van der Waals surface area contributed by atoms with Crippen LogP contribution in [0.3, 0.4) is 0 Å². The van der Waals surface area contributed by atoms with Gasteiger partial charge in [-0.15, -0.1) is 0 Å². The molecule has 0 amide bonds. The van der Waals surface area contributed by atoms with Crippen molar-refractivity contribution in [3.8, 4) is 0 Å². The monoisotopic (exact) mass is 261 g/mol. The first-order valence-corrected chi connectivity index (χ1v) is 6.69. The molecule has 19 heavy (non-hydrogen) atoms. The highest BCUT2D eigenvalue weighted by atomic mass is 15.3. The summed E-state index contributed by atoms with van der Waals surface area (Å²) in [6.45, 7) is 8.13. The maximum absolute atomic E-state index is 4.52. The Kier molecular flexibility index (Phi) is 4.04. The van der Waals surface area contributed by atoms with Crippen LogP contribution in [0.15, 0.2) is 12.4 Å². The van der Waals surface area contributed by atoms with E-state index in [4.69, 9.17) is 0 Å². The molecule has 0 saturated heterocycles. The number of nitrogens with zero attached hydrogens (tertiary/aromatic N) is 4. The van der Waals surface area contributed by atoms with Gasteiger partial charge in [0.15, 0.2) is 0 Å². The van der Waals surface area contributed by atoms with Crippen molar-refractivity contribution >= 4 is 0 Å².